The van der Waals surface area contributed by atoms with Gasteiger partial charge in [-0.3, -0.25) is 5.10 Å². The van der Waals surface area contributed by atoms with Crippen LogP contribution in [0.4, 0.5) is 5.82 Å². The number of nitrogens with two attached hydrogens (primary N) is 1. The van der Waals surface area contributed by atoms with E-state index in [0.717, 1.165) is 10.5 Å². The first-order valence-corrected chi connectivity index (χ1v) is 6.02. The molecule has 0 radical (unpaired) electrons. The van der Waals surface area contributed by atoms with Gasteiger partial charge in [0.2, 0.25) is 10.0 Å². The molecular weight excluding hydrogens is 236 g/mol. The maximum Gasteiger partial charge on any atom is 0.248 e. The van der Waals surface area contributed by atoms with Crippen LogP contribution in [0, 0.1) is 0 Å². The zero-order valence-corrected chi connectivity index (χ0v) is 9.05. The summed E-state index contributed by atoms with van der Waals surface area (Å²) in [6, 6.07) is 0. The minimum Gasteiger partial charge on any atom is -0.389 e. The van der Waals surface area contributed by atoms with E-state index in [4.69, 9.17) is 5.73 Å². The molecule has 0 aromatic carbocycles. The Kier molecular flexibility index (Phi) is 2.62. The fourth-order valence-corrected chi connectivity index (χ4v) is 3.05. The fraction of sp³-hybridized carbons (Fsp3) is 0.571. The van der Waals surface area contributed by atoms with E-state index in [1.54, 1.807) is 0 Å². The van der Waals surface area contributed by atoms with Gasteiger partial charge in [-0.25, -0.2) is 8.42 Å². The van der Waals surface area contributed by atoms with Gasteiger partial charge >= 0.3 is 0 Å². The lowest BCUT2D eigenvalue weighted by molar-refractivity contribution is 0.0572. The normalized spacial score (nSPS) is 27.4. The number of nitrogen functional groups attached to an aromatic ring is 1. The topological polar surface area (TPSA) is 133 Å². The van der Waals surface area contributed by atoms with E-state index in [1.165, 1.54) is 0 Å². The average molecular weight is 248 g/mol. The zero-order valence-electron chi connectivity index (χ0n) is 8.24. The van der Waals surface area contributed by atoms with Gasteiger partial charge < -0.3 is 15.9 Å². The van der Waals surface area contributed by atoms with Gasteiger partial charge in [-0.2, -0.15) is 9.40 Å². The number of aliphatic hydroxyl groups is 2. The van der Waals surface area contributed by atoms with Gasteiger partial charge in [0.1, 0.15) is 10.7 Å². The number of H-pyrrole nitrogens is 1. The minimum atomic E-state index is -3.80. The van der Waals surface area contributed by atoms with Crippen LogP contribution < -0.4 is 5.73 Å². The lowest BCUT2D eigenvalue weighted by Crippen LogP contribution is -2.30. The predicted octanol–water partition coefficient (Wildman–Crippen LogP) is -2.28. The molecule has 5 N–H and O–H groups in total. The molecule has 90 valence electrons. The first-order chi connectivity index (χ1) is 7.43. The molecule has 8 nitrogen and oxygen atoms in total. The van der Waals surface area contributed by atoms with Crippen molar-refractivity contribution >= 4 is 15.8 Å². The van der Waals surface area contributed by atoms with Crippen molar-refractivity contribution in [2.45, 2.75) is 17.1 Å². The summed E-state index contributed by atoms with van der Waals surface area (Å²) in [5, 5.41) is 24.4. The molecule has 2 unspecified atom stereocenters. The van der Waals surface area contributed by atoms with E-state index in [0.29, 0.717) is 0 Å². The highest BCUT2D eigenvalue weighted by Gasteiger charge is 2.38. The molecule has 1 saturated heterocycles. The number of nitrogens with one attached hydrogen (secondary N) is 1. The van der Waals surface area contributed by atoms with Crippen LogP contribution in [0.1, 0.15) is 0 Å². The summed E-state index contributed by atoms with van der Waals surface area (Å²) in [6.07, 6.45) is -1.03. The monoisotopic (exact) mass is 248 g/mol. The first-order valence-electron chi connectivity index (χ1n) is 4.58. The van der Waals surface area contributed by atoms with Crippen molar-refractivity contribution in [2.75, 3.05) is 18.8 Å². The van der Waals surface area contributed by atoms with E-state index < -0.39 is 22.2 Å². The van der Waals surface area contributed by atoms with E-state index in [-0.39, 0.29) is 23.8 Å². The number of rotatable bonds is 2. The molecular formula is C7H12N4O4S. The highest BCUT2D eigenvalue weighted by Crippen LogP contribution is 2.23. The predicted molar refractivity (Wildman–Crippen MR) is 53.8 cm³/mol. The van der Waals surface area contributed by atoms with Gasteiger partial charge in [0, 0.05) is 13.1 Å². The summed E-state index contributed by atoms with van der Waals surface area (Å²) in [7, 11) is -3.80. The molecule has 0 bridgehead atoms. The van der Waals surface area contributed by atoms with Gasteiger partial charge in [-0.1, -0.05) is 0 Å². The minimum absolute atomic E-state index is 0.0594. The number of anilines is 1. The van der Waals surface area contributed by atoms with Gasteiger partial charge in [-0.15, -0.1) is 0 Å². The molecule has 0 spiro atoms. The molecule has 9 heteroatoms. The third-order valence-electron chi connectivity index (χ3n) is 2.48. The first kappa shape index (κ1) is 11.3. The number of nitrogens with zero attached hydrogens (tertiary/aromatic N) is 2. The Morgan fingerprint density at radius 2 is 2.00 bits per heavy atom. The number of aromatic nitrogens is 2. The molecule has 0 aliphatic carbocycles. The SMILES string of the molecule is Nc1[nH]ncc1S(=O)(=O)N1CC(O)C(O)C1. The summed E-state index contributed by atoms with van der Waals surface area (Å²) in [5.41, 5.74) is 5.41. The summed E-state index contributed by atoms with van der Waals surface area (Å²) in [6.45, 7) is -0.289. The number of sulfonamides is 1. The van der Waals surface area contributed by atoms with Crippen molar-refractivity contribution in [3.8, 4) is 0 Å². The van der Waals surface area contributed by atoms with E-state index in [2.05, 4.69) is 10.2 Å². The average Bonchev–Trinajstić information content (AvgIpc) is 2.75. The third kappa shape index (κ3) is 1.67. The summed E-state index contributed by atoms with van der Waals surface area (Å²) < 4.78 is 24.9. The Bertz CT molecular complexity index is 474. The summed E-state index contributed by atoms with van der Waals surface area (Å²) in [5.74, 6) is -0.0594. The highest BCUT2D eigenvalue weighted by atomic mass is 32.2. The van der Waals surface area contributed by atoms with Crippen LogP contribution in [0.5, 0.6) is 0 Å². The zero-order chi connectivity index (χ0) is 11.9. The third-order valence-corrected chi connectivity index (χ3v) is 4.33. The largest absolute Gasteiger partial charge is 0.389 e. The van der Waals surface area contributed by atoms with Crippen molar-refractivity contribution in [3.63, 3.8) is 0 Å². The number of aliphatic hydroxyl groups excluding tert-OH is 2. The van der Waals surface area contributed by atoms with Gasteiger partial charge in [-0.05, 0) is 0 Å². The summed E-state index contributed by atoms with van der Waals surface area (Å²) >= 11 is 0. The quantitative estimate of drug-likeness (QED) is 0.466. The van der Waals surface area contributed by atoms with Crippen molar-refractivity contribution < 1.29 is 18.6 Å². The number of aromatic amines is 1. The Labute approximate surface area is 91.7 Å². The lowest BCUT2D eigenvalue weighted by atomic mass is 10.3. The van der Waals surface area contributed by atoms with Crippen LogP contribution >= 0.6 is 0 Å². The second-order valence-corrected chi connectivity index (χ2v) is 5.51. The Hall–Kier alpha value is -1.16. The van der Waals surface area contributed by atoms with Crippen LogP contribution in [0.25, 0.3) is 0 Å². The molecule has 0 saturated carbocycles. The molecule has 16 heavy (non-hydrogen) atoms. The molecule has 0 amide bonds. The molecule has 2 heterocycles. The molecule has 1 aliphatic rings. The van der Waals surface area contributed by atoms with Crippen LogP contribution in [0.2, 0.25) is 0 Å². The second kappa shape index (κ2) is 3.70. The smallest absolute Gasteiger partial charge is 0.248 e. The van der Waals surface area contributed by atoms with Crippen molar-refractivity contribution in [2.24, 2.45) is 0 Å². The molecule has 2 rings (SSSR count). The van der Waals surface area contributed by atoms with Gasteiger partial charge in [0.25, 0.3) is 0 Å². The van der Waals surface area contributed by atoms with Crippen molar-refractivity contribution in [1.29, 1.82) is 0 Å². The van der Waals surface area contributed by atoms with Crippen molar-refractivity contribution in [1.82, 2.24) is 14.5 Å². The van der Waals surface area contributed by atoms with Crippen molar-refractivity contribution in [3.05, 3.63) is 6.20 Å². The lowest BCUT2D eigenvalue weighted by Gasteiger charge is -2.14. The second-order valence-electron chi connectivity index (χ2n) is 3.60. The van der Waals surface area contributed by atoms with E-state index in [1.807, 2.05) is 0 Å². The Morgan fingerprint density at radius 3 is 2.44 bits per heavy atom. The van der Waals surface area contributed by atoms with E-state index >= 15 is 0 Å². The molecule has 1 fully saturated rings. The van der Waals surface area contributed by atoms with Crippen LogP contribution in [0.15, 0.2) is 11.1 Å². The van der Waals surface area contributed by atoms with Crippen LogP contribution in [-0.2, 0) is 10.0 Å². The molecule has 1 aromatic heterocycles. The van der Waals surface area contributed by atoms with Crippen LogP contribution in [-0.4, -0.2) is 58.4 Å². The molecule has 1 aliphatic heterocycles. The van der Waals surface area contributed by atoms with Crippen LogP contribution in [0.3, 0.4) is 0 Å². The molecule has 2 atom stereocenters. The summed E-state index contributed by atoms with van der Waals surface area (Å²) in [4.78, 5) is -0.145. The standard InChI is InChI=1S/C7H12N4O4S/c8-7-6(1-9-10-7)16(14,15)11-2-4(12)5(13)3-11/h1,4-5,12-13H,2-3H2,(H3,8,9,10). The maximum absolute atomic E-state index is 12.0. The Morgan fingerprint density at radius 1 is 1.44 bits per heavy atom. The Balaban J connectivity index is 2.31. The highest BCUT2D eigenvalue weighted by molar-refractivity contribution is 7.89. The number of hydrogen-bond donors (Lipinski definition) is 4. The van der Waals surface area contributed by atoms with Gasteiger partial charge in [0.15, 0.2) is 0 Å². The fourth-order valence-electron chi connectivity index (χ4n) is 1.56. The number of β-amino-alcohol motifs (C(OH)–C–C–N with tert-alkyl or cyclic N) is 2. The number of hydrogen-bond acceptors (Lipinski definition) is 6. The van der Waals surface area contributed by atoms with E-state index in [9.17, 15) is 18.6 Å². The van der Waals surface area contributed by atoms with Gasteiger partial charge in [0.05, 0.1) is 18.4 Å². The maximum atomic E-state index is 12.0. The molecule has 1 aromatic rings.